The first-order chi connectivity index (χ1) is 9.51. The van der Waals surface area contributed by atoms with Crippen molar-refractivity contribution in [3.05, 3.63) is 51.8 Å². The molecule has 1 unspecified atom stereocenters. The van der Waals surface area contributed by atoms with Gasteiger partial charge < -0.3 is 5.32 Å². The van der Waals surface area contributed by atoms with Gasteiger partial charge in [0.05, 0.1) is 17.2 Å². The molecular formula is C14H18N4O2. The van der Waals surface area contributed by atoms with Crippen LogP contribution in [0, 0.1) is 17.0 Å². The van der Waals surface area contributed by atoms with Crippen molar-refractivity contribution in [2.45, 2.75) is 33.4 Å². The molecule has 6 nitrogen and oxygen atoms in total. The van der Waals surface area contributed by atoms with Gasteiger partial charge in [0.15, 0.2) is 0 Å². The van der Waals surface area contributed by atoms with E-state index in [-0.39, 0.29) is 16.7 Å². The standard InChI is InChI=1S/C14H18N4O2/c1-4-17-9-12(8-15-17)11(3)16-14-6-5-13(18(19)20)7-10(14)2/h5-9,11,16H,4H2,1-3H3. The van der Waals surface area contributed by atoms with Crippen molar-refractivity contribution in [3.63, 3.8) is 0 Å². The van der Waals surface area contributed by atoms with E-state index in [9.17, 15) is 10.1 Å². The van der Waals surface area contributed by atoms with E-state index in [1.54, 1.807) is 12.1 Å². The summed E-state index contributed by atoms with van der Waals surface area (Å²) >= 11 is 0. The van der Waals surface area contributed by atoms with Crippen molar-refractivity contribution in [2.24, 2.45) is 0 Å². The molecule has 1 heterocycles. The number of nitro groups is 1. The molecule has 0 aliphatic heterocycles. The number of hydrogen-bond acceptors (Lipinski definition) is 4. The van der Waals surface area contributed by atoms with Gasteiger partial charge >= 0.3 is 0 Å². The smallest absolute Gasteiger partial charge is 0.269 e. The summed E-state index contributed by atoms with van der Waals surface area (Å²) in [5, 5.41) is 18.3. The lowest BCUT2D eigenvalue weighted by molar-refractivity contribution is -0.384. The fourth-order valence-electron chi connectivity index (χ4n) is 2.02. The monoisotopic (exact) mass is 274 g/mol. The minimum absolute atomic E-state index is 0.0930. The van der Waals surface area contributed by atoms with Crippen molar-refractivity contribution in [1.82, 2.24) is 9.78 Å². The number of anilines is 1. The van der Waals surface area contributed by atoms with Crippen LogP contribution in [-0.4, -0.2) is 14.7 Å². The van der Waals surface area contributed by atoms with Gasteiger partial charge in [0, 0.05) is 36.1 Å². The van der Waals surface area contributed by atoms with Crippen LogP contribution in [0.4, 0.5) is 11.4 Å². The molecule has 1 atom stereocenters. The Labute approximate surface area is 117 Å². The average Bonchev–Trinajstić information content (AvgIpc) is 2.89. The van der Waals surface area contributed by atoms with Crippen molar-refractivity contribution in [1.29, 1.82) is 0 Å². The van der Waals surface area contributed by atoms with E-state index in [4.69, 9.17) is 0 Å². The fourth-order valence-corrected chi connectivity index (χ4v) is 2.02. The zero-order valence-corrected chi connectivity index (χ0v) is 11.8. The summed E-state index contributed by atoms with van der Waals surface area (Å²) in [7, 11) is 0. The summed E-state index contributed by atoms with van der Waals surface area (Å²) in [6.07, 6.45) is 3.83. The summed E-state index contributed by atoms with van der Waals surface area (Å²) < 4.78 is 1.87. The number of aryl methyl sites for hydroxylation is 2. The highest BCUT2D eigenvalue weighted by atomic mass is 16.6. The highest BCUT2D eigenvalue weighted by molar-refractivity contribution is 5.56. The van der Waals surface area contributed by atoms with Gasteiger partial charge in [-0.1, -0.05) is 0 Å². The molecular weight excluding hydrogens is 256 g/mol. The van der Waals surface area contributed by atoms with Crippen LogP contribution in [0.5, 0.6) is 0 Å². The third kappa shape index (κ3) is 2.96. The number of rotatable bonds is 5. The van der Waals surface area contributed by atoms with E-state index in [2.05, 4.69) is 10.4 Å². The van der Waals surface area contributed by atoms with Crippen LogP contribution >= 0.6 is 0 Å². The Morgan fingerprint density at radius 2 is 2.25 bits per heavy atom. The van der Waals surface area contributed by atoms with Crippen LogP contribution in [0.1, 0.15) is 31.0 Å². The summed E-state index contributed by atoms with van der Waals surface area (Å²) in [4.78, 5) is 10.3. The topological polar surface area (TPSA) is 73.0 Å². The minimum atomic E-state index is -0.383. The molecule has 0 fully saturated rings. The molecule has 0 saturated carbocycles. The molecule has 106 valence electrons. The summed E-state index contributed by atoms with van der Waals surface area (Å²) in [6.45, 7) is 6.77. The van der Waals surface area contributed by atoms with Crippen LogP contribution in [0.15, 0.2) is 30.6 Å². The minimum Gasteiger partial charge on any atom is -0.378 e. The van der Waals surface area contributed by atoms with E-state index in [1.807, 2.05) is 37.8 Å². The van der Waals surface area contributed by atoms with E-state index in [0.29, 0.717) is 0 Å². The summed E-state index contributed by atoms with van der Waals surface area (Å²) in [6, 6.07) is 4.92. The maximum Gasteiger partial charge on any atom is 0.269 e. The molecule has 0 saturated heterocycles. The molecule has 0 amide bonds. The van der Waals surface area contributed by atoms with Gasteiger partial charge in [0.1, 0.15) is 0 Å². The molecule has 0 spiro atoms. The van der Waals surface area contributed by atoms with Crippen LogP contribution in [0.25, 0.3) is 0 Å². The second kappa shape index (κ2) is 5.73. The van der Waals surface area contributed by atoms with Gasteiger partial charge in [-0.3, -0.25) is 14.8 Å². The third-order valence-electron chi connectivity index (χ3n) is 3.27. The average molecular weight is 274 g/mol. The number of nitro benzene ring substituents is 1. The number of benzene rings is 1. The number of nitrogens with one attached hydrogen (secondary N) is 1. The molecule has 1 aromatic heterocycles. The van der Waals surface area contributed by atoms with Crippen LogP contribution in [0.3, 0.4) is 0 Å². The van der Waals surface area contributed by atoms with Crippen molar-refractivity contribution in [2.75, 3.05) is 5.32 Å². The zero-order chi connectivity index (χ0) is 14.7. The Bertz CT molecular complexity index is 621. The van der Waals surface area contributed by atoms with Gasteiger partial charge in [0.25, 0.3) is 5.69 Å². The third-order valence-corrected chi connectivity index (χ3v) is 3.27. The normalized spacial score (nSPS) is 12.2. The molecule has 0 aliphatic carbocycles. The van der Waals surface area contributed by atoms with Crippen LogP contribution in [0.2, 0.25) is 0 Å². The van der Waals surface area contributed by atoms with Crippen molar-refractivity contribution in [3.8, 4) is 0 Å². The molecule has 6 heteroatoms. The molecule has 0 bridgehead atoms. The predicted octanol–water partition coefficient (Wildman–Crippen LogP) is 3.29. The Kier molecular flexibility index (Phi) is 4.02. The first-order valence-electron chi connectivity index (χ1n) is 6.55. The molecule has 0 aliphatic rings. The number of hydrogen-bond donors (Lipinski definition) is 1. The lowest BCUT2D eigenvalue weighted by Gasteiger charge is -2.15. The predicted molar refractivity (Wildman–Crippen MR) is 77.8 cm³/mol. The zero-order valence-electron chi connectivity index (χ0n) is 11.8. The van der Waals surface area contributed by atoms with E-state index in [0.717, 1.165) is 23.4 Å². The summed E-state index contributed by atoms with van der Waals surface area (Å²) in [5.74, 6) is 0. The highest BCUT2D eigenvalue weighted by Crippen LogP contribution is 2.25. The SMILES string of the molecule is CCn1cc(C(C)Nc2ccc([N+](=O)[O-])cc2C)cn1. The first-order valence-corrected chi connectivity index (χ1v) is 6.55. The van der Waals surface area contributed by atoms with Crippen molar-refractivity contribution >= 4 is 11.4 Å². The largest absolute Gasteiger partial charge is 0.378 e. The Morgan fingerprint density at radius 1 is 1.50 bits per heavy atom. The van der Waals surface area contributed by atoms with Gasteiger partial charge in [-0.25, -0.2) is 0 Å². The highest BCUT2D eigenvalue weighted by Gasteiger charge is 2.12. The quantitative estimate of drug-likeness (QED) is 0.670. The van der Waals surface area contributed by atoms with Gasteiger partial charge in [-0.15, -0.1) is 0 Å². The van der Waals surface area contributed by atoms with E-state index < -0.39 is 0 Å². The Hall–Kier alpha value is -2.37. The molecule has 20 heavy (non-hydrogen) atoms. The Morgan fingerprint density at radius 3 is 2.80 bits per heavy atom. The van der Waals surface area contributed by atoms with E-state index >= 15 is 0 Å². The maximum absolute atomic E-state index is 10.7. The first kappa shape index (κ1) is 14.0. The Balaban J connectivity index is 2.15. The molecule has 1 N–H and O–H groups in total. The maximum atomic E-state index is 10.7. The summed E-state index contributed by atoms with van der Waals surface area (Å²) in [5.41, 5.74) is 2.95. The lowest BCUT2D eigenvalue weighted by Crippen LogP contribution is -2.07. The molecule has 2 rings (SSSR count). The molecule has 2 aromatic rings. The second-order valence-electron chi connectivity index (χ2n) is 4.75. The second-order valence-corrected chi connectivity index (χ2v) is 4.75. The van der Waals surface area contributed by atoms with Crippen molar-refractivity contribution < 1.29 is 4.92 Å². The van der Waals surface area contributed by atoms with Crippen LogP contribution < -0.4 is 5.32 Å². The molecule has 0 radical (unpaired) electrons. The number of non-ortho nitro benzene ring substituents is 1. The van der Waals surface area contributed by atoms with E-state index in [1.165, 1.54) is 6.07 Å². The molecule has 1 aromatic carbocycles. The number of aromatic nitrogens is 2. The number of nitrogens with zero attached hydrogens (tertiary/aromatic N) is 3. The fraction of sp³-hybridized carbons (Fsp3) is 0.357. The van der Waals surface area contributed by atoms with Gasteiger partial charge in [-0.2, -0.15) is 5.10 Å². The van der Waals surface area contributed by atoms with Crippen LogP contribution in [-0.2, 0) is 6.54 Å². The van der Waals surface area contributed by atoms with Gasteiger partial charge in [0.2, 0.25) is 0 Å². The van der Waals surface area contributed by atoms with Gasteiger partial charge in [-0.05, 0) is 32.4 Å². The lowest BCUT2D eigenvalue weighted by atomic mass is 10.1.